The van der Waals surface area contributed by atoms with Crippen LogP contribution in [0.3, 0.4) is 0 Å². The second kappa shape index (κ2) is 14.0. The van der Waals surface area contributed by atoms with Gasteiger partial charge in [-0.25, -0.2) is 4.79 Å². The van der Waals surface area contributed by atoms with Crippen LogP contribution in [0, 0.1) is 5.92 Å². The summed E-state index contributed by atoms with van der Waals surface area (Å²) in [6.07, 6.45) is 6.11. The van der Waals surface area contributed by atoms with E-state index in [1.54, 1.807) is 11.8 Å². The number of carbonyl (C=O) groups is 3. The molecule has 0 spiro atoms. The van der Waals surface area contributed by atoms with Crippen LogP contribution in [0.5, 0.6) is 0 Å². The summed E-state index contributed by atoms with van der Waals surface area (Å²) in [5.41, 5.74) is 1.11. The second-order valence-corrected chi connectivity index (χ2v) is 11.4. The number of carboxylic acids is 1. The number of thioether (sulfide) groups is 1. The van der Waals surface area contributed by atoms with Crippen LogP contribution in [-0.2, 0) is 20.9 Å². The molecule has 8 nitrogen and oxygen atoms in total. The average molecular weight is 541 g/mol. The number of carbonyl (C=O) groups excluding carboxylic acids is 2. The summed E-state index contributed by atoms with van der Waals surface area (Å²) >= 11 is 1.56. The summed E-state index contributed by atoms with van der Waals surface area (Å²) in [5.74, 6) is -0.413. The largest absolute Gasteiger partial charge is 0.480 e. The number of likely N-dealkylation sites (tertiary alicyclic amines) is 1. The Bertz CT molecular complexity index is 1100. The Morgan fingerprint density at radius 3 is 2.74 bits per heavy atom. The van der Waals surface area contributed by atoms with Gasteiger partial charge in [0, 0.05) is 32.2 Å². The monoisotopic (exact) mass is 540 g/mol. The zero-order valence-corrected chi connectivity index (χ0v) is 23.0. The van der Waals surface area contributed by atoms with Crippen molar-refractivity contribution in [3.8, 4) is 0 Å². The van der Waals surface area contributed by atoms with Crippen LogP contribution >= 0.6 is 11.8 Å². The Hall–Kier alpha value is -2.62. The van der Waals surface area contributed by atoms with E-state index in [4.69, 9.17) is 0 Å². The van der Waals surface area contributed by atoms with Crippen LogP contribution < -0.4 is 10.6 Å². The first-order chi connectivity index (χ1) is 18.5. The lowest BCUT2D eigenvalue weighted by molar-refractivity contribution is -0.142. The third kappa shape index (κ3) is 7.48. The molecule has 3 atom stereocenters. The van der Waals surface area contributed by atoms with Crippen molar-refractivity contribution in [3.05, 3.63) is 48.0 Å². The van der Waals surface area contributed by atoms with E-state index in [9.17, 15) is 19.5 Å². The number of nitrogens with zero attached hydrogens (tertiary/aromatic N) is 2. The van der Waals surface area contributed by atoms with Crippen molar-refractivity contribution in [1.82, 2.24) is 20.4 Å². The van der Waals surface area contributed by atoms with E-state index in [2.05, 4.69) is 39.8 Å². The van der Waals surface area contributed by atoms with Gasteiger partial charge in [-0.15, -0.1) is 0 Å². The molecule has 4 rings (SSSR count). The van der Waals surface area contributed by atoms with Crippen molar-refractivity contribution < 1.29 is 19.5 Å². The fourth-order valence-corrected chi connectivity index (χ4v) is 6.17. The fraction of sp³-hybridized carbons (Fsp3) is 0.552. The summed E-state index contributed by atoms with van der Waals surface area (Å²) < 4.78 is 0. The summed E-state index contributed by atoms with van der Waals surface area (Å²) in [4.78, 5) is 42.3. The topological polar surface area (TPSA) is 102 Å². The van der Waals surface area contributed by atoms with Gasteiger partial charge in [0.05, 0.1) is 12.5 Å². The number of carboxylic acid groups (broad SMARTS) is 1. The number of rotatable bonds is 12. The van der Waals surface area contributed by atoms with Gasteiger partial charge in [0.2, 0.25) is 11.8 Å². The molecule has 9 heteroatoms. The highest BCUT2D eigenvalue weighted by Gasteiger charge is 2.35. The molecule has 2 heterocycles. The molecule has 0 aliphatic carbocycles. The third-order valence-electron chi connectivity index (χ3n) is 7.66. The summed E-state index contributed by atoms with van der Waals surface area (Å²) in [7, 11) is 0. The van der Waals surface area contributed by atoms with E-state index < -0.39 is 12.0 Å². The molecule has 2 saturated heterocycles. The first-order valence-electron chi connectivity index (χ1n) is 13.7. The minimum absolute atomic E-state index is 0.0203. The smallest absolute Gasteiger partial charge is 0.326 e. The first kappa shape index (κ1) is 28.4. The number of piperidine rings is 1. The number of fused-ring (bicyclic) bond motifs is 1. The molecule has 1 unspecified atom stereocenters. The van der Waals surface area contributed by atoms with Gasteiger partial charge in [-0.2, -0.15) is 11.8 Å². The molecule has 2 aliphatic rings. The van der Waals surface area contributed by atoms with Crippen molar-refractivity contribution in [2.45, 2.75) is 50.7 Å². The number of aliphatic carboxylic acids is 1. The standard InChI is InChI=1S/C29H40N4O4S/c1-38-16-13-26(29(36)37)31-27(34)20-32(18-23-9-4-8-21-7-2-3-12-25(21)23)19-24-11-6-15-33(24)28(35)22-10-5-14-30-17-22/h2-4,7-9,12,22,24,26,30H,5-6,10-11,13-20H2,1H3,(H,31,34)(H,36,37)/t22?,24-,26-/m0/s1. The SMILES string of the molecule is CSCC[C@H](NC(=O)CN(Cc1cccc2ccccc12)C[C@@H]1CCCN1C(=O)C1CCCNC1)C(=O)O. The number of hydrogen-bond donors (Lipinski definition) is 3. The Morgan fingerprint density at radius 1 is 1.16 bits per heavy atom. The molecular formula is C29H40N4O4S. The number of amides is 2. The Kier molecular flexibility index (Phi) is 10.4. The molecule has 0 radical (unpaired) electrons. The maximum atomic E-state index is 13.4. The quantitative estimate of drug-likeness (QED) is 0.381. The predicted octanol–water partition coefficient (Wildman–Crippen LogP) is 2.95. The molecular weight excluding hydrogens is 500 g/mol. The highest BCUT2D eigenvalue weighted by molar-refractivity contribution is 7.98. The normalized spacial score (nSPS) is 20.5. The van der Waals surface area contributed by atoms with Crippen LogP contribution in [0.2, 0.25) is 0 Å². The molecule has 2 aromatic carbocycles. The van der Waals surface area contributed by atoms with E-state index in [1.807, 2.05) is 29.4 Å². The minimum Gasteiger partial charge on any atom is -0.480 e. The summed E-state index contributed by atoms with van der Waals surface area (Å²) in [5, 5.41) is 18.0. The number of hydrogen-bond acceptors (Lipinski definition) is 6. The molecule has 2 amide bonds. The Morgan fingerprint density at radius 2 is 1.97 bits per heavy atom. The highest BCUT2D eigenvalue weighted by Crippen LogP contribution is 2.25. The molecule has 0 aromatic heterocycles. The Balaban J connectivity index is 1.51. The van der Waals surface area contributed by atoms with Gasteiger partial charge in [-0.05, 0) is 67.0 Å². The average Bonchev–Trinajstić information content (AvgIpc) is 3.39. The van der Waals surface area contributed by atoms with Crippen LogP contribution in [0.15, 0.2) is 42.5 Å². The van der Waals surface area contributed by atoms with Crippen LogP contribution in [0.4, 0.5) is 0 Å². The van der Waals surface area contributed by atoms with Crippen molar-refractivity contribution in [2.75, 3.05) is 44.7 Å². The van der Waals surface area contributed by atoms with Gasteiger partial charge < -0.3 is 20.6 Å². The molecule has 0 bridgehead atoms. The molecule has 2 aromatic rings. The van der Waals surface area contributed by atoms with Crippen molar-refractivity contribution in [2.24, 2.45) is 5.92 Å². The van der Waals surface area contributed by atoms with E-state index >= 15 is 0 Å². The van der Waals surface area contributed by atoms with E-state index in [0.717, 1.165) is 61.7 Å². The van der Waals surface area contributed by atoms with E-state index in [1.165, 1.54) is 0 Å². The van der Waals surface area contributed by atoms with Gasteiger partial charge in [-0.3, -0.25) is 14.5 Å². The lowest BCUT2D eigenvalue weighted by Crippen LogP contribution is -2.50. The zero-order chi connectivity index (χ0) is 26.9. The molecule has 3 N–H and O–H groups in total. The Labute approximate surface area is 229 Å². The lowest BCUT2D eigenvalue weighted by atomic mass is 9.97. The minimum atomic E-state index is -1.01. The zero-order valence-electron chi connectivity index (χ0n) is 22.2. The predicted molar refractivity (Wildman–Crippen MR) is 152 cm³/mol. The fourth-order valence-electron chi connectivity index (χ4n) is 5.70. The number of benzene rings is 2. The molecule has 0 saturated carbocycles. The first-order valence-corrected chi connectivity index (χ1v) is 15.1. The summed E-state index contributed by atoms with van der Waals surface area (Å²) in [6.45, 7) is 3.65. The molecule has 206 valence electrons. The molecule has 38 heavy (non-hydrogen) atoms. The molecule has 2 fully saturated rings. The summed E-state index contributed by atoms with van der Waals surface area (Å²) in [6, 6.07) is 13.5. The van der Waals surface area contributed by atoms with Crippen molar-refractivity contribution >= 4 is 40.3 Å². The van der Waals surface area contributed by atoms with Gasteiger partial charge in [-0.1, -0.05) is 42.5 Å². The van der Waals surface area contributed by atoms with Gasteiger partial charge in [0.15, 0.2) is 0 Å². The van der Waals surface area contributed by atoms with Crippen molar-refractivity contribution in [1.29, 1.82) is 0 Å². The lowest BCUT2D eigenvalue weighted by Gasteiger charge is -2.34. The molecule has 2 aliphatic heterocycles. The van der Waals surface area contributed by atoms with Crippen LogP contribution in [0.25, 0.3) is 10.8 Å². The third-order valence-corrected chi connectivity index (χ3v) is 8.30. The second-order valence-electron chi connectivity index (χ2n) is 10.4. The number of nitrogens with one attached hydrogen (secondary N) is 2. The van der Waals surface area contributed by atoms with E-state index in [0.29, 0.717) is 25.3 Å². The van der Waals surface area contributed by atoms with E-state index in [-0.39, 0.29) is 30.3 Å². The van der Waals surface area contributed by atoms with Crippen LogP contribution in [0.1, 0.15) is 37.7 Å². The van der Waals surface area contributed by atoms with Gasteiger partial charge in [0.25, 0.3) is 0 Å². The highest BCUT2D eigenvalue weighted by atomic mass is 32.2. The maximum Gasteiger partial charge on any atom is 0.326 e. The van der Waals surface area contributed by atoms with Gasteiger partial charge >= 0.3 is 5.97 Å². The van der Waals surface area contributed by atoms with Gasteiger partial charge in [0.1, 0.15) is 6.04 Å². The maximum absolute atomic E-state index is 13.4. The van der Waals surface area contributed by atoms with Crippen LogP contribution in [-0.4, -0.2) is 89.5 Å². The van der Waals surface area contributed by atoms with Crippen molar-refractivity contribution in [3.63, 3.8) is 0 Å².